The molecule has 2 saturated carbocycles. The third-order valence-corrected chi connectivity index (χ3v) is 7.16. The smallest absolute Gasteiger partial charge is 0.309 e. The van der Waals surface area contributed by atoms with E-state index in [0.717, 1.165) is 25.9 Å². The quantitative estimate of drug-likeness (QED) is 0.700. The Hall–Kier alpha value is -1.63. The zero-order valence-electron chi connectivity index (χ0n) is 15.8. The molecule has 5 rings (SSSR count). The largest absolute Gasteiger partial charge is 0.481 e. The molecular formula is C19H30N2O5. The van der Waals surface area contributed by atoms with Crippen molar-refractivity contribution in [1.29, 1.82) is 0 Å². The van der Waals surface area contributed by atoms with E-state index in [1.165, 1.54) is 6.42 Å². The fourth-order valence-corrected chi connectivity index (χ4v) is 4.60. The van der Waals surface area contributed by atoms with Crippen molar-refractivity contribution in [2.75, 3.05) is 13.1 Å². The van der Waals surface area contributed by atoms with E-state index in [1.54, 1.807) is 20.8 Å². The molecule has 2 bridgehead atoms. The number of carbonyl (C=O) groups excluding carboxylic acids is 1. The van der Waals surface area contributed by atoms with Gasteiger partial charge in [-0.15, -0.1) is 0 Å². The number of piperidine rings is 1. The number of carboxylic acids is 2. The number of hydrogen-bond acceptors (Lipinski definition) is 4. The summed E-state index contributed by atoms with van der Waals surface area (Å²) in [5.74, 6) is -1.51. The Bertz CT molecular complexity index is 599. The number of rotatable bonds is 3. The van der Waals surface area contributed by atoms with Gasteiger partial charge in [-0.1, -0.05) is 13.8 Å². The first-order valence-corrected chi connectivity index (χ1v) is 9.57. The summed E-state index contributed by atoms with van der Waals surface area (Å²) in [7, 11) is 0. The fourth-order valence-electron chi connectivity index (χ4n) is 4.60. The third kappa shape index (κ3) is 3.21. The van der Waals surface area contributed by atoms with E-state index in [1.807, 2.05) is 0 Å². The van der Waals surface area contributed by atoms with Gasteiger partial charge < -0.3 is 20.4 Å². The van der Waals surface area contributed by atoms with Crippen molar-refractivity contribution in [3.05, 3.63) is 0 Å². The molecule has 0 spiro atoms. The fraction of sp³-hybridized carbons (Fsp3) is 0.842. The summed E-state index contributed by atoms with van der Waals surface area (Å²) >= 11 is 0. The SMILES string of the molecule is CC1(C)[C@@H](C(=O)O)CC[C@@]1(C)C(=O)O.O=C(C1CC1)N1CC2CC(C1)N2. The summed E-state index contributed by atoms with van der Waals surface area (Å²) in [6.07, 6.45) is 4.45. The molecule has 3 saturated heterocycles. The molecule has 0 aromatic rings. The van der Waals surface area contributed by atoms with Gasteiger partial charge in [0.1, 0.15) is 0 Å². The standard InChI is InChI=1S/C10H16O4.C9H14N2O/c1-9(2)6(7(11)12)4-5-10(9,3)8(13)14;12-9(6-1-2-6)11-4-7-3-8(5-11)10-7/h6H,4-5H2,1-3H3,(H,11,12)(H,13,14);6-8,10H,1-5H2/t6-,10+;/m1./s1. The second-order valence-electron chi connectivity index (χ2n) is 9.10. The minimum Gasteiger partial charge on any atom is -0.481 e. The first kappa shape index (κ1) is 19.1. The molecular weight excluding hydrogens is 336 g/mol. The molecule has 1 amide bonds. The number of carbonyl (C=O) groups is 3. The Morgan fingerprint density at radius 3 is 1.88 bits per heavy atom. The summed E-state index contributed by atoms with van der Waals surface area (Å²) < 4.78 is 0. The zero-order chi connectivity index (χ0) is 19.3. The lowest BCUT2D eigenvalue weighted by Gasteiger charge is -2.48. The van der Waals surface area contributed by atoms with Gasteiger partial charge in [-0.25, -0.2) is 0 Å². The first-order chi connectivity index (χ1) is 12.1. The van der Waals surface area contributed by atoms with Crippen molar-refractivity contribution in [3.8, 4) is 0 Å². The average Bonchev–Trinajstić information content (AvgIpc) is 3.34. The monoisotopic (exact) mass is 366 g/mol. The molecule has 0 aromatic carbocycles. The summed E-state index contributed by atoms with van der Waals surface area (Å²) in [6.45, 7) is 7.02. The van der Waals surface area contributed by atoms with Crippen LogP contribution in [-0.4, -0.2) is 58.1 Å². The van der Waals surface area contributed by atoms with E-state index in [4.69, 9.17) is 10.2 Å². The predicted octanol–water partition coefficient (Wildman–Crippen LogP) is 1.57. The Labute approximate surface area is 154 Å². The van der Waals surface area contributed by atoms with Gasteiger partial charge in [0.05, 0.1) is 11.3 Å². The minimum absolute atomic E-state index is 0.405. The van der Waals surface area contributed by atoms with Crippen LogP contribution < -0.4 is 5.32 Å². The van der Waals surface area contributed by atoms with Crippen LogP contribution in [0.1, 0.15) is 52.9 Å². The summed E-state index contributed by atoms with van der Waals surface area (Å²) in [5.41, 5.74) is -1.61. The third-order valence-electron chi connectivity index (χ3n) is 7.16. The molecule has 0 radical (unpaired) electrons. The maximum atomic E-state index is 11.6. The molecule has 146 valence electrons. The Balaban J connectivity index is 0.000000152. The lowest BCUT2D eigenvalue weighted by atomic mass is 9.66. The van der Waals surface area contributed by atoms with Gasteiger partial charge in [0, 0.05) is 31.1 Å². The molecule has 2 aliphatic carbocycles. The van der Waals surface area contributed by atoms with Gasteiger partial charge in [-0.3, -0.25) is 14.4 Å². The van der Waals surface area contributed by atoms with E-state index in [9.17, 15) is 14.4 Å². The highest BCUT2D eigenvalue weighted by Gasteiger charge is 2.58. The summed E-state index contributed by atoms with van der Waals surface area (Å²) in [6, 6.07) is 1.23. The summed E-state index contributed by atoms with van der Waals surface area (Å²) in [5, 5.41) is 21.5. The number of hydrogen-bond donors (Lipinski definition) is 3. The number of nitrogens with zero attached hydrogens (tertiary/aromatic N) is 1. The van der Waals surface area contributed by atoms with Crippen LogP contribution in [0.15, 0.2) is 0 Å². The maximum Gasteiger partial charge on any atom is 0.309 e. The van der Waals surface area contributed by atoms with Crippen LogP contribution in [0.2, 0.25) is 0 Å². The van der Waals surface area contributed by atoms with E-state index in [0.29, 0.717) is 36.8 Å². The van der Waals surface area contributed by atoms with E-state index >= 15 is 0 Å². The molecule has 2 unspecified atom stereocenters. The molecule has 26 heavy (non-hydrogen) atoms. The lowest BCUT2D eigenvalue weighted by Crippen LogP contribution is -2.67. The van der Waals surface area contributed by atoms with Crippen molar-refractivity contribution in [1.82, 2.24) is 10.2 Å². The number of aliphatic carboxylic acids is 2. The van der Waals surface area contributed by atoms with Gasteiger partial charge in [-0.2, -0.15) is 0 Å². The zero-order valence-corrected chi connectivity index (χ0v) is 15.8. The first-order valence-electron chi connectivity index (χ1n) is 9.57. The van der Waals surface area contributed by atoms with Crippen LogP contribution in [0, 0.1) is 22.7 Å². The maximum absolute atomic E-state index is 11.6. The van der Waals surface area contributed by atoms with Crippen LogP contribution in [-0.2, 0) is 14.4 Å². The Kier molecular flexibility index (Phi) is 4.80. The Morgan fingerprint density at radius 1 is 1.00 bits per heavy atom. The van der Waals surface area contributed by atoms with Crippen LogP contribution in [0.3, 0.4) is 0 Å². The van der Waals surface area contributed by atoms with Crippen molar-refractivity contribution in [3.63, 3.8) is 0 Å². The van der Waals surface area contributed by atoms with Gasteiger partial charge >= 0.3 is 11.9 Å². The topological polar surface area (TPSA) is 107 Å². The molecule has 5 fully saturated rings. The predicted molar refractivity (Wildman–Crippen MR) is 94.5 cm³/mol. The average molecular weight is 366 g/mol. The molecule has 3 heterocycles. The van der Waals surface area contributed by atoms with E-state index in [2.05, 4.69) is 10.2 Å². The van der Waals surface area contributed by atoms with Crippen molar-refractivity contribution >= 4 is 17.8 Å². The Morgan fingerprint density at radius 2 is 1.54 bits per heavy atom. The van der Waals surface area contributed by atoms with Crippen LogP contribution in [0.5, 0.6) is 0 Å². The number of nitrogens with one attached hydrogen (secondary N) is 1. The van der Waals surface area contributed by atoms with Crippen LogP contribution in [0.4, 0.5) is 0 Å². The van der Waals surface area contributed by atoms with Gasteiger partial charge in [0.2, 0.25) is 5.91 Å². The summed E-state index contributed by atoms with van der Waals surface area (Å²) in [4.78, 5) is 35.7. The van der Waals surface area contributed by atoms with Gasteiger partial charge in [0.15, 0.2) is 0 Å². The molecule has 3 aliphatic heterocycles. The highest BCUT2D eigenvalue weighted by molar-refractivity contribution is 5.81. The highest BCUT2D eigenvalue weighted by atomic mass is 16.4. The number of carboxylic acid groups (broad SMARTS) is 2. The van der Waals surface area contributed by atoms with E-state index < -0.39 is 28.7 Å². The lowest BCUT2D eigenvalue weighted by molar-refractivity contribution is -0.157. The molecule has 3 N–H and O–H groups in total. The second-order valence-corrected chi connectivity index (χ2v) is 9.10. The number of amides is 1. The van der Waals surface area contributed by atoms with Crippen LogP contribution in [0.25, 0.3) is 0 Å². The molecule has 7 nitrogen and oxygen atoms in total. The number of piperazine rings is 1. The highest BCUT2D eigenvalue weighted by Crippen LogP contribution is 2.56. The van der Waals surface area contributed by atoms with Crippen molar-refractivity contribution < 1.29 is 24.6 Å². The van der Waals surface area contributed by atoms with Crippen molar-refractivity contribution in [2.45, 2.75) is 65.0 Å². The van der Waals surface area contributed by atoms with Crippen molar-refractivity contribution in [2.24, 2.45) is 22.7 Å². The molecule has 7 heteroatoms. The van der Waals surface area contributed by atoms with Gasteiger partial charge in [0.25, 0.3) is 0 Å². The van der Waals surface area contributed by atoms with Crippen LogP contribution >= 0.6 is 0 Å². The second kappa shape index (κ2) is 6.51. The minimum atomic E-state index is -0.921. The molecule has 5 aliphatic rings. The molecule has 4 atom stereocenters. The normalized spacial score (nSPS) is 37.2. The van der Waals surface area contributed by atoms with E-state index in [-0.39, 0.29) is 0 Å². The molecule has 0 aromatic heterocycles. The van der Waals surface area contributed by atoms with Gasteiger partial charge in [-0.05, 0) is 44.4 Å². The number of fused-ring (bicyclic) bond motifs is 2.